The van der Waals surface area contributed by atoms with Gasteiger partial charge in [0.1, 0.15) is 0 Å². The molecule has 2 atom stereocenters. The van der Waals surface area contributed by atoms with Crippen LogP contribution in [0.5, 0.6) is 0 Å². The van der Waals surface area contributed by atoms with Crippen molar-refractivity contribution in [3.05, 3.63) is 12.2 Å². The Kier molecular flexibility index (Phi) is 2.62. The predicted octanol–water partition coefficient (Wildman–Crippen LogP) is 2.99. The lowest BCUT2D eigenvalue weighted by Gasteiger charge is -2.37. The molecule has 2 nitrogen and oxygen atoms in total. The Bertz CT molecular complexity index is 257. The van der Waals surface area contributed by atoms with Crippen molar-refractivity contribution in [2.24, 2.45) is 11.3 Å². The zero-order chi connectivity index (χ0) is 10.0. The molecular formula is C12H18O2. The molecule has 14 heavy (non-hydrogen) atoms. The number of hydrogen-bond donors (Lipinski definition) is 1. The Hall–Kier alpha value is -0.790. The van der Waals surface area contributed by atoms with Crippen molar-refractivity contribution < 1.29 is 9.90 Å². The van der Waals surface area contributed by atoms with E-state index >= 15 is 0 Å². The van der Waals surface area contributed by atoms with E-state index in [2.05, 4.69) is 12.2 Å². The summed E-state index contributed by atoms with van der Waals surface area (Å²) in [5.74, 6) is -0.166. The first-order valence-corrected chi connectivity index (χ1v) is 5.64. The van der Waals surface area contributed by atoms with Gasteiger partial charge < -0.3 is 5.11 Å². The van der Waals surface area contributed by atoms with Crippen LogP contribution in [0.4, 0.5) is 0 Å². The fourth-order valence-corrected chi connectivity index (χ4v) is 3.02. The third-order valence-corrected chi connectivity index (χ3v) is 3.95. The number of allylic oxidation sites excluding steroid dienone is 2. The van der Waals surface area contributed by atoms with Crippen LogP contribution in [0.15, 0.2) is 12.2 Å². The number of carboxylic acid groups (broad SMARTS) is 1. The molecule has 0 aromatic rings. The third kappa shape index (κ3) is 1.47. The molecule has 0 spiro atoms. The smallest absolute Gasteiger partial charge is 0.310 e. The molecule has 1 saturated carbocycles. The summed E-state index contributed by atoms with van der Waals surface area (Å²) in [5.41, 5.74) is -0.411. The SMILES string of the molecule is O=C(O)C12CC=CCC1CCCCC2. The minimum absolute atomic E-state index is 0.396. The van der Waals surface area contributed by atoms with Gasteiger partial charge in [0.15, 0.2) is 0 Å². The topological polar surface area (TPSA) is 37.3 Å². The van der Waals surface area contributed by atoms with Gasteiger partial charge in [0.25, 0.3) is 0 Å². The Morgan fingerprint density at radius 3 is 2.93 bits per heavy atom. The van der Waals surface area contributed by atoms with Crippen molar-refractivity contribution in [3.8, 4) is 0 Å². The zero-order valence-corrected chi connectivity index (χ0v) is 8.54. The Balaban J connectivity index is 2.28. The number of fused-ring (bicyclic) bond motifs is 1. The van der Waals surface area contributed by atoms with Gasteiger partial charge in [-0.15, -0.1) is 0 Å². The first kappa shape index (κ1) is 9.75. The highest BCUT2D eigenvalue weighted by Gasteiger charge is 2.45. The standard InChI is InChI=1S/C12H18O2/c13-11(14)12-8-4-1-2-6-10(12)7-3-5-9-12/h3,5,10H,1-2,4,6-9H2,(H,13,14). The quantitative estimate of drug-likeness (QED) is 0.651. The fourth-order valence-electron chi connectivity index (χ4n) is 3.02. The fraction of sp³-hybridized carbons (Fsp3) is 0.750. The van der Waals surface area contributed by atoms with Crippen molar-refractivity contribution in [2.75, 3.05) is 0 Å². The zero-order valence-electron chi connectivity index (χ0n) is 8.54. The molecule has 1 N–H and O–H groups in total. The van der Waals surface area contributed by atoms with Crippen LogP contribution in [0.3, 0.4) is 0 Å². The molecule has 78 valence electrons. The van der Waals surface area contributed by atoms with Crippen molar-refractivity contribution in [2.45, 2.75) is 44.9 Å². The number of carbonyl (C=O) groups is 1. The van der Waals surface area contributed by atoms with Crippen LogP contribution in [-0.4, -0.2) is 11.1 Å². The van der Waals surface area contributed by atoms with E-state index < -0.39 is 11.4 Å². The second kappa shape index (κ2) is 3.76. The van der Waals surface area contributed by atoms with Gasteiger partial charge in [-0.05, 0) is 31.6 Å². The summed E-state index contributed by atoms with van der Waals surface area (Å²) >= 11 is 0. The molecule has 0 aromatic carbocycles. The first-order valence-electron chi connectivity index (χ1n) is 5.64. The molecule has 2 heteroatoms. The molecule has 1 fully saturated rings. The summed E-state index contributed by atoms with van der Waals surface area (Å²) < 4.78 is 0. The number of carboxylic acids is 1. The van der Waals surface area contributed by atoms with E-state index in [0.717, 1.165) is 32.1 Å². The highest BCUT2D eigenvalue weighted by Crippen LogP contribution is 2.47. The Labute approximate surface area is 85.0 Å². The monoisotopic (exact) mass is 194 g/mol. The van der Waals surface area contributed by atoms with Gasteiger partial charge in [0, 0.05) is 0 Å². The average Bonchev–Trinajstić information content (AvgIpc) is 2.40. The normalized spacial score (nSPS) is 37.3. The molecular weight excluding hydrogens is 176 g/mol. The lowest BCUT2D eigenvalue weighted by atomic mass is 9.66. The minimum Gasteiger partial charge on any atom is -0.481 e. The van der Waals surface area contributed by atoms with Gasteiger partial charge in [-0.1, -0.05) is 31.4 Å². The van der Waals surface area contributed by atoms with Crippen molar-refractivity contribution >= 4 is 5.97 Å². The minimum atomic E-state index is -0.561. The van der Waals surface area contributed by atoms with E-state index in [-0.39, 0.29) is 0 Å². The highest BCUT2D eigenvalue weighted by atomic mass is 16.4. The molecule has 2 aliphatic rings. The van der Waals surface area contributed by atoms with Crippen molar-refractivity contribution in [1.29, 1.82) is 0 Å². The summed E-state index contributed by atoms with van der Waals surface area (Å²) in [6.07, 6.45) is 11.5. The molecule has 0 bridgehead atoms. The Morgan fingerprint density at radius 1 is 1.29 bits per heavy atom. The van der Waals surface area contributed by atoms with Crippen molar-refractivity contribution in [3.63, 3.8) is 0 Å². The molecule has 0 saturated heterocycles. The van der Waals surface area contributed by atoms with Crippen LogP contribution >= 0.6 is 0 Å². The van der Waals surface area contributed by atoms with Gasteiger partial charge in [-0.3, -0.25) is 4.79 Å². The molecule has 0 aliphatic heterocycles. The van der Waals surface area contributed by atoms with Crippen molar-refractivity contribution in [1.82, 2.24) is 0 Å². The van der Waals surface area contributed by atoms with E-state index in [4.69, 9.17) is 0 Å². The van der Waals surface area contributed by atoms with Gasteiger partial charge in [-0.2, -0.15) is 0 Å². The molecule has 0 aromatic heterocycles. The number of aliphatic carboxylic acids is 1. The van der Waals surface area contributed by atoms with E-state index in [1.54, 1.807) is 0 Å². The molecule has 2 aliphatic carbocycles. The molecule has 0 heterocycles. The number of hydrogen-bond acceptors (Lipinski definition) is 1. The van der Waals surface area contributed by atoms with Crippen LogP contribution in [0, 0.1) is 11.3 Å². The first-order chi connectivity index (χ1) is 6.76. The Morgan fingerprint density at radius 2 is 2.14 bits per heavy atom. The van der Waals surface area contributed by atoms with Gasteiger partial charge in [0.05, 0.1) is 5.41 Å². The average molecular weight is 194 g/mol. The van der Waals surface area contributed by atoms with E-state index in [0.29, 0.717) is 5.92 Å². The number of rotatable bonds is 1. The second-order valence-electron chi connectivity index (χ2n) is 4.67. The summed E-state index contributed by atoms with van der Waals surface area (Å²) in [6.45, 7) is 0. The van der Waals surface area contributed by atoms with E-state index in [1.807, 2.05) is 0 Å². The second-order valence-corrected chi connectivity index (χ2v) is 4.67. The summed E-state index contributed by atoms with van der Waals surface area (Å²) in [5, 5.41) is 9.42. The van der Waals surface area contributed by atoms with Gasteiger partial charge in [-0.25, -0.2) is 0 Å². The van der Waals surface area contributed by atoms with E-state index in [9.17, 15) is 9.90 Å². The van der Waals surface area contributed by atoms with Gasteiger partial charge >= 0.3 is 5.97 Å². The summed E-state index contributed by atoms with van der Waals surface area (Å²) in [4.78, 5) is 11.4. The van der Waals surface area contributed by atoms with Crippen LogP contribution in [0.1, 0.15) is 44.9 Å². The lowest BCUT2D eigenvalue weighted by molar-refractivity contribution is -0.153. The predicted molar refractivity (Wildman–Crippen MR) is 55.0 cm³/mol. The lowest BCUT2D eigenvalue weighted by Crippen LogP contribution is -2.39. The molecule has 0 radical (unpaired) electrons. The maximum atomic E-state index is 11.4. The molecule has 2 rings (SSSR count). The summed E-state index contributed by atoms with van der Waals surface area (Å²) in [7, 11) is 0. The molecule has 2 unspecified atom stereocenters. The maximum Gasteiger partial charge on any atom is 0.310 e. The molecule has 0 amide bonds. The van der Waals surface area contributed by atoms with Crippen LogP contribution in [-0.2, 0) is 4.79 Å². The van der Waals surface area contributed by atoms with Crippen LogP contribution in [0.25, 0.3) is 0 Å². The highest BCUT2D eigenvalue weighted by molar-refractivity contribution is 5.75. The van der Waals surface area contributed by atoms with Crippen LogP contribution < -0.4 is 0 Å². The van der Waals surface area contributed by atoms with E-state index in [1.165, 1.54) is 12.8 Å². The van der Waals surface area contributed by atoms with Crippen LogP contribution in [0.2, 0.25) is 0 Å². The maximum absolute atomic E-state index is 11.4. The van der Waals surface area contributed by atoms with Gasteiger partial charge in [0.2, 0.25) is 0 Å². The largest absolute Gasteiger partial charge is 0.481 e. The third-order valence-electron chi connectivity index (χ3n) is 3.95. The summed E-state index contributed by atoms with van der Waals surface area (Å²) in [6, 6.07) is 0.